The molecule has 0 spiro atoms. The van der Waals surface area contributed by atoms with Gasteiger partial charge in [-0.2, -0.15) is 0 Å². The fourth-order valence-electron chi connectivity index (χ4n) is 3.74. The Morgan fingerprint density at radius 3 is 1.93 bits per heavy atom. The van der Waals surface area contributed by atoms with Crippen molar-refractivity contribution in [2.24, 2.45) is 0 Å². The fraction of sp³-hybridized carbons (Fsp3) is 0.600. The van der Waals surface area contributed by atoms with E-state index in [0.717, 1.165) is 49.5 Å². The Kier molecular flexibility index (Phi) is 7.95. The van der Waals surface area contributed by atoms with Crippen LogP contribution in [0, 0.1) is 14.8 Å². The minimum absolute atomic E-state index is 0.0999. The Morgan fingerprint density at radius 2 is 1.46 bits per heavy atom. The molecule has 1 atom stereocenters. The summed E-state index contributed by atoms with van der Waals surface area (Å²) in [6.07, 6.45) is 6.24. The number of hydrogen-bond donors (Lipinski definition) is 0. The van der Waals surface area contributed by atoms with Gasteiger partial charge in [-0.05, 0) is 29.9 Å². The number of rotatable bonds is 1. The van der Waals surface area contributed by atoms with Crippen molar-refractivity contribution in [3.8, 4) is 0 Å². The van der Waals surface area contributed by atoms with Crippen LogP contribution < -0.4 is 12.6 Å². The number of hydrogen-bond acceptors (Lipinski definition) is 3. The first-order valence-electron chi connectivity index (χ1n) is 9.31. The van der Waals surface area contributed by atoms with Gasteiger partial charge in [0.15, 0.2) is 9.58 Å². The zero-order chi connectivity index (χ0) is 21.1. The lowest BCUT2D eigenvalue weighted by Gasteiger charge is -2.18. The normalized spacial score (nSPS) is 17.4. The van der Waals surface area contributed by atoms with E-state index in [0.29, 0.717) is 9.58 Å². The average molecular weight is 483 g/mol. The quantitative estimate of drug-likeness (QED) is 0.450. The van der Waals surface area contributed by atoms with Crippen molar-refractivity contribution >= 4 is 20.6 Å². The van der Waals surface area contributed by atoms with E-state index >= 15 is 0 Å². The van der Waals surface area contributed by atoms with Gasteiger partial charge in [0.1, 0.15) is 0 Å². The second-order valence-corrected chi connectivity index (χ2v) is 11.0. The Labute approximate surface area is 172 Å². The first-order valence-corrected chi connectivity index (χ1v) is 12.5. The van der Waals surface area contributed by atoms with Gasteiger partial charge in [-0.3, -0.25) is 0 Å². The lowest BCUT2D eigenvalue weighted by atomic mass is 9.87. The molecule has 2 aromatic rings. The number of fused-ring (bicyclic) bond motifs is 1. The molecule has 158 valence electrons. The highest BCUT2D eigenvalue weighted by Gasteiger charge is 2.49. The molecule has 1 aliphatic rings. The second-order valence-electron chi connectivity index (χ2n) is 8.18. The Balaban J connectivity index is 0.000000640. The molecule has 1 saturated carbocycles. The summed E-state index contributed by atoms with van der Waals surface area (Å²) in [5.41, 5.74) is -3.33. The molecule has 8 heteroatoms. The molecule has 1 fully saturated rings. The smallest absolute Gasteiger partial charge is 0.405 e. The summed E-state index contributed by atoms with van der Waals surface area (Å²) in [7, 11) is -1.75. The third-order valence-electron chi connectivity index (χ3n) is 5.12. The maximum atomic E-state index is 13.9. The third-order valence-corrected chi connectivity index (χ3v) is 7.30. The molecule has 0 N–H and O–H groups in total. The second kappa shape index (κ2) is 9.43. The summed E-state index contributed by atoms with van der Waals surface area (Å²) in [6.45, 7) is 6.15. The average Bonchev–Trinajstić information content (AvgIpc) is 2.72. The van der Waals surface area contributed by atoms with Crippen molar-refractivity contribution in [2.45, 2.75) is 76.1 Å². The zero-order valence-corrected chi connectivity index (χ0v) is 18.7. The number of benzene rings is 1. The maximum absolute atomic E-state index is 13.9. The van der Waals surface area contributed by atoms with Gasteiger partial charge in [-0.1, -0.05) is 52.5 Å². The summed E-state index contributed by atoms with van der Waals surface area (Å²) >= 11 is -3.65. The van der Waals surface area contributed by atoms with E-state index in [1.807, 2.05) is 24.3 Å². The molecule has 0 saturated heterocycles. The number of thiophene rings is 1. The molecule has 1 aromatic carbocycles. The zero-order valence-electron chi connectivity index (χ0n) is 16.3. The predicted molar refractivity (Wildman–Crippen MR) is 96.9 cm³/mol. The van der Waals surface area contributed by atoms with Gasteiger partial charge in [0, 0.05) is 23.4 Å². The molecule has 28 heavy (non-hydrogen) atoms. The van der Waals surface area contributed by atoms with Crippen LogP contribution in [-0.2, 0) is 10.9 Å². The van der Waals surface area contributed by atoms with E-state index in [4.69, 9.17) is 12.6 Å². The third kappa shape index (κ3) is 6.16. The molecule has 1 unspecified atom stereocenters. The van der Waals surface area contributed by atoms with Crippen LogP contribution >= 0.6 is 10.5 Å². The molecule has 0 bridgehead atoms. The van der Waals surface area contributed by atoms with E-state index in [1.54, 1.807) is 0 Å². The SMILES string of the molecule is CC(C)(C)c1ccc2cc(C3CCCCCC3)[s+](C(F)(F)F)c2c1.[O-][Br+2]([O-])[O-]. The molecule has 0 radical (unpaired) electrons. The van der Waals surface area contributed by atoms with Gasteiger partial charge in [-0.25, -0.2) is 0 Å². The monoisotopic (exact) mass is 482 g/mol. The van der Waals surface area contributed by atoms with Crippen molar-refractivity contribution in [2.75, 3.05) is 0 Å². The standard InChI is InChI=1S/C20H26F3S.BrO3/c1-19(2,3)16-11-10-15-12-17(14-8-6-4-5-7-9-14)24(18(15)13-16)20(21,22)23;2-1(3)4/h10-14H,4-9H2,1-3H3;/q+1;-1. The highest BCUT2D eigenvalue weighted by Crippen LogP contribution is 2.55. The topological polar surface area (TPSA) is 69.2 Å². The van der Waals surface area contributed by atoms with Crippen LogP contribution in [0.4, 0.5) is 13.2 Å². The van der Waals surface area contributed by atoms with Crippen LogP contribution in [0.1, 0.15) is 75.7 Å². The van der Waals surface area contributed by atoms with Gasteiger partial charge in [0.2, 0.25) is 14.8 Å². The molecule has 3 nitrogen and oxygen atoms in total. The van der Waals surface area contributed by atoms with Crippen molar-refractivity contribution in [3.05, 3.63) is 34.7 Å². The van der Waals surface area contributed by atoms with Crippen LogP contribution in [0.3, 0.4) is 0 Å². The fourth-order valence-corrected chi connectivity index (χ4v) is 5.93. The first kappa shape index (κ1) is 23.6. The van der Waals surface area contributed by atoms with E-state index in [1.165, 1.54) is 0 Å². The molecule has 0 aliphatic heterocycles. The van der Waals surface area contributed by atoms with Gasteiger partial charge in [0.05, 0.1) is 10.5 Å². The molecule has 0 amide bonds. The summed E-state index contributed by atoms with van der Waals surface area (Å²) in [5.74, 6) is 0.0999. The lowest BCUT2D eigenvalue weighted by Crippen LogP contribution is -2.42. The van der Waals surface area contributed by atoms with Crippen LogP contribution in [0.5, 0.6) is 0 Å². The largest absolute Gasteiger partial charge is 0.600 e. The maximum Gasteiger partial charge on any atom is 0.600 e. The summed E-state index contributed by atoms with van der Waals surface area (Å²) in [4.78, 5) is 0.644. The van der Waals surface area contributed by atoms with E-state index in [-0.39, 0.29) is 11.3 Å². The van der Waals surface area contributed by atoms with E-state index in [2.05, 4.69) is 20.8 Å². The first-order chi connectivity index (χ1) is 12.9. The molecule has 3 rings (SSSR count). The van der Waals surface area contributed by atoms with Crippen molar-refractivity contribution in [1.82, 2.24) is 0 Å². The van der Waals surface area contributed by atoms with Crippen LogP contribution in [0.15, 0.2) is 24.3 Å². The van der Waals surface area contributed by atoms with Crippen molar-refractivity contribution < 1.29 is 40.6 Å². The van der Waals surface area contributed by atoms with E-state index in [9.17, 15) is 13.2 Å². The molecular formula is C20H26BrF3O3S. The van der Waals surface area contributed by atoms with E-state index < -0.39 is 30.8 Å². The molecule has 1 heterocycles. The summed E-state index contributed by atoms with van der Waals surface area (Å²) < 4.78 is 67.9. The Hall–Kier alpha value is -0.670. The molecule has 1 aromatic heterocycles. The van der Waals surface area contributed by atoms with Crippen LogP contribution in [0.2, 0.25) is 0 Å². The minimum atomic E-state index is -4.18. The van der Waals surface area contributed by atoms with Gasteiger partial charge in [-0.15, -0.1) is 13.2 Å². The van der Waals surface area contributed by atoms with Crippen LogP contribution in [-0.4, -0.2) is 0 Å². The van der Waals surface area contributed by atoms with Gasteiger partial charge < -0.3 is 12.6 Å². The highest BCUT2D eigenvalue weighted by molar-refractivity contribution is 7.38. The van der Waals surface area contributed by atoms with Crippen molar-refractivity contribution in [1.29, 1.82) is 0 Å². The van der Waals surface area contributed by atoms with Gasteiger partial charge >= 0.3 is 5.51 Å². The Morgan fingerprint density at radius 1 is 0.929 bits per heavy atom. The summed E-state index contributed by atoms with van der Waals surface area (Å²) in [6, 6.07) is 7.55. The highest BCUT2D eigenvalue weighted by atomic mass is 80.0. The van der Waals surface area contributed by atoms with Crippen LogP contribution in [0.25, 0.3) is 10.1 Å². The van der Waals surface area contributed by atoms with Crippen molar-refractivity contribution in [3.63, 3.8) is 0 Å². The number of alkyl halides is 3. The minimum Gasteiger partial charge on any atom is -0.405 e. The predicted octanol–water partition coefficient (Wildman–Crippen LogP) is 4.23. The molecule has 1 aliphatic carbocycles. The molecular weight excluding hydrogens is 457 g/mol. The number of halogens is 4. The van der Waals surface area contributed by atoms with Gasteiger partial charge in [0.25, 0.3) is 0 Å². The Bertz CT molecular complexity index is 771. The summed E-state index contributed by atoms with van der Waals surface area (Å²) in [5, 5.41) is 0.780. The lowest BCUT2D eigenvalue weighted by molar-refractivity contribution is -1.73.